The van der Waals surface area contributed by atoms with Crippen molar-refractivity contribution in [1.29, 1.82) is 0 Å². The van der Waals surface area contributed by atoms with Gasteiger partial charge < -0.3 is 10.1 Å². The zero-order valence-electron chi connectivity index (χ0n) is 15.4. The molecule has 3 rings (SSSR count). The molecule has 0 amide bonds. The van der Waals surface area contributed by atoms with Gasteiger partial charge in [0.25, 0.3) is 10.0 Å². The van der Waals surface area contributed by atoms with Gasteiger partial charge in [-0.05, 0) is 37.4 Å². The summed E-state index contributed by atoms with van der Waals surface area (Å²) in [7, 11) is -1.32. The minimum Gasteiger partial charge on any atom is -0.494 e. The van der Waals surface area contributed by atoms with Crippen LogP contribution in [0.25, 0.3) is 11.3 Å². The summed E-state index contributed by atoms with van der Waals surface area (Å²) in [6, 6.07) is 7.26. The number of aromatic nitrogens is 1. The van der Waals surface area contributed by atoms with Crippen molar-refractivity contribution in [3.8, 4) is 17.0 Å². The summed E-state index contributed by atoms with van der Waals surface area (Å²) in [4.78, 5) is -0.315. The van der Waals surface area contributed by atoms with E-state index in [4.69, 9.17) is 4.74 Å². The van der Waals surface area contributed by atoms with Gasteiger partial charge in [-0.15, -0.1) is 12.4 Å². The molecular formula is C19H18ClF3N2O3S. The fourth-order valence-electron chi connectivity index (χ4n) is 2.91. The lowest BCUT2D eigenvalue weighted by Crippen LogP contribution is -2.14. The van der Waals surface area contributed by atoms with Crippen LogP contribution in [0.15, 0.2) is 53.6 Å². The van der Waals surface area contributed by atoms with Gasteiger partial charge in [0.15, 0.2) is 0 Å². The lowest BCUT2D eigenvalue weighted by molar-refractivity contribution is 0.411. The quantitative estimate of drug-likeness (QED) is 0.622. The molecule has 0 saturated heterocycles. The van der Waals surface area contributed by atoms with Crippen LogP contribution >= 0.6 is 12.4 Å². The Morgan fingerprint density at radius 1 is 1.07 bits per heavy atom. The number of nitrogens with zero attached hydrogens (tertiary/aromatic N) is 1. The molecule has 156 valence electrons. The number of ether oxygens (including phenoxy) is 1. The summed E-state index contributed by atoms with van der Waals surface area (Å²) < 4.78 is 74.0. The highest BCUT2D eigenvalue weighted by Gasteiger charge is 2.28. The molecule has 0 aliphatic heterocycles. The summed E-state index contributed by atoms with van der Waals surface area (Å²) in [6.07, 6.45) is 1.27. The molecule has 0 aliphatic rings. The van der Waals surface area contributed by atoms with E-state index in [-0.39, 0.29) is 40.9 Å². The molecule has 0 spiro atoms. The molecule has 0 atom stereocenters. The molecule has 29 heavy (non-hydrogen) atoms. The third-order valence-electron chi connectivity index (χ3n) is 4.11. The molecule has 1 heterocycles. The van der Waals surface area contributed by atoms with Gasteiger partial charge >= 0.3 is 0 Å². The average Bonchev–Trinajstić information content (AvgIpc) is 3.01. The molecule has 0 fully saturated rings. The lowest BCUT2D eigenvalue weighted by atomic mass is 10.1. The Hall–Kier alpha value is -2.49. The second-order valence-corrected chi connectivity index (χ2v) is 7.76. The number of nitrogens with one attached hydrogen (secondary N) is 1. The van der Waals surface area contributed by atoms with E-state index in [1.807, 2.05) is 0 Å². The molecule has 3 aromatic rings. The topological polar surface area (TPSA) is 60.3 Å². The SMILES string of the molecule is CNCc1cn(S(=O)(=O)c2cccc(F)c2)c(-c2ccc(F)cc2F)c1OC.Cl. The highest BCUT2D eigenvalue weighted by Crippen LogP contribution is 2.39. The molecule has 10 heteroatoms. The molecule has 1 N–H and O–H groups in total. The third-order valence-corrected chi connectivity index (χ3v) is 5.77. The first kappa shape index (κ1) is 22.8. The van der Waals surface area contributed by atoms with Crippen LogP contribution in [0.5, 0.6) is 5.75 Å². The van der Waals surface area contributed by atoms with Crippen LogP contribution in [-0.4, -0.2) is 26.5 Å². The van der Waals surface area contributed by atoms with Crippen molar-refractivity contribution in [2.24, 2.45) is 0 Å². The maximum atomic E-state index is 14.5. The number of hydrogen-bond acceptors (Lipinski definition) is 4. The minimum absolute atomic E-state index is 0. The van der Waals surface area contributed by atoms with Crippen molar-refractivity contribution in [2.75, 3.05) is 14.2 Å². The Morgan fingerprint density at radius 3 is 2.34 bits per heavy atom. The number of halogens is 4. The van der Waals surface area contributed by atoms with Crippen molar-refractivity contribution in [1.82, 2.24) is 9.29 Å². The molecule has 1 aromatic heterocycles. The van der Waals surface area contributed by atoms with E-state index in [0.717, 1.165) is 28.2 Å². The summed E-state index contributed by atoms with van der Waals surface area (Å²) in [5, 5.41) is 2.87. The standard InChI is InChI=1S/C19H17F3N2O3S.ClH/c1-23-10-12-11-24(28(25,26)15-5-3-4-13(20)8-15)18(19(12)27-2)16-7-6-14(21)9-17(16)22;/h3-9,11,23H,10H2,1-2H3;1H. The van der Waals surface area contributed by atoms with Crippen molar-refractivity contribution in [3.63, 3.8) is 0 Å². The van der Waals surface area contributed by atoms with E-state index in [2.05, 4.69) is 5.32 Å². The van der Waals surface area contributed by atoms with E-state index in [9.17, 15) is 21.6 Å². The summed E-state index contributed by atoms with van der Waals surface area (Å²) in [6.45, 7) is 0.227. The third kappa shape index (κ3) is 4.26. The monoisotopic (exact) mass is 446 g/mol. The number of benzene rings is 2. The van der Waals surface area contributed by atoms with Crippen molar-refractivity contribution < 1.29 is 26.3 Å². The second-order valence-electron chi connectivity index (χ2n) is 5.95. The molecule has 0 bridgehead atoms. The normalized spacial score (nSPS) is 11.2. The van der Waals surface area contributed by atoms with Crippen molar-refractivity contribution >= 4 is 22.4 Å². The highest BCUT2D eigenvalue weighted by atomic mass is 35.5. The van der Waals surface area contributed by atoms with Crippen LogP contribution in [0.1, 0.15) is 5.56 Å². The smallest absolute Gasteiger partial charge is 0.268 e. The van der Waals surface area contributed by atoms with E-state index in [0.29, 0.717) is 11.6 Å². The van der Waals surface area contributed by atoms with Crippen molar-refractivity contribution in [3.05, 3.63) is 71.7 Å². The van der Waals surface area contributed by atoms with Gasteiger partial charge in [0, 0.05) is 29.9 Å². The fourth-order valence-corrected chi connectivity index (χ4v) is 4.34. The van der Waals surface area contributed by atoms with E-state index >= 15 is 0 Å². The molecule has 5 nitrogen and oxygen atoms in total. The largest absolute Gasteiger partial charge is 0.494 e. The van der Waals surface area contributed by atoms with Crippen LogP contribution in [0.3, 0.4) is 0 Å². The Labute approximate surface area is 172 Å². The van der Waals surface area contributed by atoms with Crippen LogP contribution in [0.2, 0.25) is 0 Å². The minimum atomic E-state index is -4.29. The van der Waals surface area contributed by atoms with Gasteiger partial charge in [-0.25, -0.2) is 25.6 Å². The van der Waals surface area contributed by atoms with Crippen LogP contribution in [-0.2, 0) is 16.6 Å². The van der Waals surface area contributed by atoms with E-state index in [1.54, 1.807) is 7.05 Å². The molecule has 0 unspecified atom stereocenters. The summed E-state index contributed by atoms with van der Waals surface area (Å²) >= 11 is 0. The lowest BCUT2D eigenvalue weighted by Gasteiger charge is -2.13. The number of methoxy groups -OCH3 is 1. The zero-order chi connectivity index (χ0) is 20.5. The van der Waals surface area contributed by atoms with Gasteiger partial charge in [-0.3, -0.25) is 0 Å². The first-order chi connectivity index (χ1) is 13.3. The molecular weight excluding hydrogens is 429 g/mol. The van der Waals surface area contributed by atoms with Crippen LogP contribution < -0.4 is 10.1 Å². The molecule has 2 aromatic carbocycles. The van der Waals surface area contributed by atoms with Gasteiger partial charge in [0.05, 0.1) is 12.0 Å². The van der Waals surface area contributed by atoms with Crippen LogP contribution in [0, 0.1) is 17.5 Å². The first-order valence-corrected chi connectivity index (χ1v) is 9.63. The van der Waals surface area contributed by atoms with Crippen molar-refractivity contribution in [2.45, 2.75) is 11.4 Å². The Bertz CT molecular complexity index is 1130. The Morgan fingerprint density at radius 2 is 1.76 bits per heavy atom. The Balaban J connectivity index is 0.00000300. The first-order valence-electron chi connectivity index (χ1n) is 8.19. The predicted octanol–water partition coefficient (Wildman–Crippen LogP) is 3.96. The molecule has 0 radical (unpaired) electrons. The van der Waals surface area contributed by atoms with Gasteiger partial charge in [0.1, 0.15) is 28.9 Å². The Kier molecular flexibility index (Phi) is 6.99. The maximum absolute atomic E-state index is 14.5. The highest BCUT2D eigenvalue weighted by molar-refractivity contribution is 7.90. The predicted molar refractivity (Wildman–Crippen MR) is 105 cm³/mol. The van der Waals surface area contributed by atoms with E-state index in [1.165, 1.54) is 25.4 Å². The molecule has 0 saturated carbocycles. The van der Waals surface area contributed by atoms with Gasteiger partial charge in [-0.2, -0.15) is 0 Å². The van der Waals surface area contributed by atoms with Gasteiger partial charge in [-0.1, -0.05) is 6.07 Å². The number of rotatable bonds is 6. The van der Waals surface area contributed by atoms with Gasteiger partial charge in [0.2, 0.25) is 0 Å². The number of hydrogen-bond donors (Lipinski definition) is 1. The van der Waals surface area contributed by atoms with E-state index < -0.39 is 27.5 Å². The summed E-state index contributed by atoms with van der Waals surface area (Å²) in [5.41, 5.74) is 0.152. The van der Waals surface area contributed by atoms with Crippen LogP contribution in [0.4, 0.5) is 13.2 Å². The fraction of sp³-hybridized carbons (Fsp3) is 0.158. The summed E-state index contributed by atoms with van der Waals surface area (Å²) in [5.74, 6) is -2.38. The maximum Gasteiger partial charge on any atom is 0.268 e. The second kappa shape index (κ2) is 8.89. The zero-order valence-corrected chi connectivity index (χ0v) is 17.1. The molecule has 0 aliphatic carbocycles. The average molecular weight is 447 g/mol.